The van der Waals surface area contributed by atoms with Gasteiger partial charge in [0.15, 0.2) is 5.78 Å². The van der Waals surface area contributed by atoms with E-state index in [1.807, 2.05) is 13.8 Å². The Balaban J connectivity index is 2.60. The van der Waals surface area contributed by atoms with Gasteiger partial charge in [-0.05, 0) is 31.9 Å². The molecule has 0 unspecified atom stereocenters. The molecule has 1 rings (SSSR count). The largest absolute Gasteiger partial charge is 0.462 e. The summed E-state index contributed by atoms with van der Waals surface area (Å²) in [5.74, 6) is -0.762. The molecule has 1 fully saturated rings. The molecule has 5 heteroatoms. The number of cyclic esters (lactones) is 1. The van der Waals surface area contributed by atoms with Gasteiger partial charge in [0.25, 0.3) is 0 Å². The fourth-order valence-electron chi connectivity index (χ4n) is 2.00. The zero-order valence-electron chi connectivity index (χ0n) is 11.8. The molecule has 0 radical (unpaired) electrons. The summed E-state index contributed by atoms with van der Waals surface area (Å²) < 4.78 is 4.85. The molecule has 0 bridgehead atoms. The molecule has 1 N–H and O–H groups in total. The monoisotopic (exact) mass is 280 g/mol. The second-order valence-corrected chi connectivity index (χ2v) is 5.17. The molecule has 1 aliphatic rings. The van der Waals surface area contributed by atoms with E-state index in [0.29, 0.717) is 17.6 Å². The number of rotatable bonds is 7. The highest BCUT2D eigenvalue weighted by Crippen LogP contribution is 2.27. The summed E-state index contributed by atoms with van der Waals surface area (Å²) in [5, 5.41) is 8.96. The van der Waals surface area contributed by atoms with Gasteiger partial charge in [0.2, 0.25) is 0 Å². The molecule has 5 nitrogen and oxygen atoms in total. The van der Waals surface area contributed by atoms with Crippen LogP contribution in [0.2, 0.25) is 0 Å². The van der Waals surface area contributed by atoms with Crippen LogP contribution in [0.15, 0.2) is 36.0 Å². The highest BCUT2D eigenvalue weighted by atomic mass is 17.1. The summed E-state index contributed by atoms with van der Waals surface area (Å²) in [7, 11) is 0. The summed E-state index contributed by atoms with van der Waals surface area (Å²) in [4.78, 5) is 27.3. The van der Waals surface area contributed by atoms with Crippen molar-refractivity contribution < 1.29 is 24.5 Å². The lowest BCUT2D eigenvalue weighted by atomic mass is 9.92. The minimum absolute atomic E-state index is 0.0877. The third-order valence-electron chi connectivity index (χ3n) is 3.10. The first kappa shape index (κ1) is 16.3. The Hall–Kier alpha value is -1.72. The number of allylic oxidation sites excluding steroid dienone is 2. The standard InChI is InChI=1S/C15H20O5/c1-9(2)5-13(16)6-10(3)14(20-18)7-12-8-19-15(17)11(12)4/h5,12,14,18H,3-4,6-8H2,1-2H3/t12-,14+/m0/s1. The van der Waals surface area contributed by atoms with Gasteiger partial charge in [0.1, 0.15) is 6.10 Å². The average molecular weight is 280 g/mol. The molecule has 0 aromatic heterocycles. The fraction of sp³-hybridized carbons (Fsp3) is 0.467. The molecule has 1 aliphatic heterocycles. The van der Waals surface area contributed by atoms with Gasteiger partial charge in [-0.3, -0.25) is 10.1 Å². The lowest BCUT2D eigenvalue weighted by Crippen LogP contribution is -2.21. The van der Waals surface area contributed by atoms with E-state index < -0.39 is 12.1 Å². The van der Waals surface area contributed by atoms with E-state index in [2.05, 4.69) is 18.0 Å². The minimum atomic E-state index is -0.722. The Kier molecular flexibility index (Phi) is 5.85. The van der Waals surface area contributed by atoms with Gasteiger partial charge in [-0.2, -0.15) is 0 Å². The number of carbonyl (C=O) groups excluding carboxylic acids is 2. The van der Waals surface area contributed by atoms with Gasteiger partial charge < -0.3 is 4.74 Å². The Labute approximate surface area is 118 Å². The smallest absolute Gasteiger partial charge is 0.333 e. The van der Waals surface area contributed by atoms with Crippen molar-refractivity contribution in [1.29, 1.82) is 0 Å². The second kappa shape index (κ2) is 7.17. The van der Waals surface area contributed by atoms with Crippen LogP contribution in [-0.2, 0) is 19.2 Å². The highest BCUT2D eigenvalue weighted by molar-refractivity contribution is 5.92. The molecule has 0 saturated carbocycles. The summed E-state index contributed by atoms with van der Waals surface area (Å²) in [6.07, 6.45) is 1.19. The number of esters is 1. The third kappa shape index (κ3) is 4.43. The van der Waals surface area contributed by atoms with Crippen molar-refractivity contribution in [3.63, 3.8) is 0 Å². The summed E-state index contributed by atoms with van der Waals surface area (Å²) in [5.41, 5.74) is 1.71. The topological polar surface area (TPSA) is 72.8 Å². The van der Waals surface area contributed by atoms with E-state index in [4.69, 9.17) is 9.99 Å². The Morgan fingerprint density at radius 3 is 2.70 bits per heavy atom. The lowest BCUT2D eigenvalue weighted by molar-refractivity contribution is -0.271. The van der Waals surface area contributed by atoms with Crippen LogP contribution in [0.25, 0.3) is 0 Å². The fourth-order valence-corrected chi connectivity index (χ4v) is 2.00. The molecular weight excluding hydrogens is 260 g/mol. The van der Waals surface area contributed by atoms with Gasteiger partial charge in [0, 0.05) is 17.9 Å². The van der Waals surface area contributed by atoms with Crippen LogP contribution < -0.4 is 0 Å². The quantitative estimate of drug-likeness (QED) is 0.255. The maximum absolute atomic E-state index is 11.7. The molecule has 1 heterocycles. The maximum atomic E-state index is 11.7. The first-order chi connectivity index (χ1) is 9.35. The molecule has 0 aromatic carbocycles. The van der Waals surface area contributed by atoms with Gasteiger partial charge >= 0.3 is 5.97 Å². The number of ether oxygens (including phenoxy) is 1. The number of hydrogen-bond acceptors (Lipinski definition) is 5. The lowest BCUT2D eigenvalue weighted by Gasteiger charge is -2.18. The average Bonchev–Trinajstić information content (AvgIpc) is 2.65. The van der Waals surface area contributed by atoms with Crippen LogP contribution in [0.5, 0.6) is 0 Å². The SMILES string of the molecule is C=C1C(=O)OC[C@@H]1C[C@@H](OO)C(=C)CC(=O)C=C(C)C. The van der Waals surface area contributed by atoms with E-state index >= 15 is 0 Å². The molecule has 0 amide bonds. The normalized spacial score (nSPS) is 19.4. The summed E-state index contributed by atoms with van der Waals surface area (Å²) >= 11 is 0. The molecule has 2 atom stereocenters. The summed E-state index contributed by atoms with van der Waals surface area (Å²) in [6.45, 7) is 11.3. The van der Waals surface area contributed by atoms with Crippen LogP contribution in [0, 0.1) is 5.92 Å². The van der Waals surface area contributed by atoms with Crippen LogP contribution in [0.4, 0.5) is 0 Å². The molecule has 0 aromatic rings. The Morgan fingerprint density at radius 2 is 2.25 bits per heavy atom. The third-order valence-corrected chi connectivity index (χ3v) is 3.10. The van der Waals surface area contributed by atoms with Crippen molar-refractivity contribution in [2.24, 2.45) is 5.92 Å². The van der Waals surface area contributed by atoms with Crippen molar-refractivity contribution >= 4 is 11.8 Å². The van der Waals surface area contributed by atoms with Gasteiger partial charge in [-0.25, -0.2) is 9.68 Å². The number of hydrogen-bond donors (Lipinski definition) is 1. The Morgan fingerprint density at radius 1 is 1.60 bits per heavy atom. The zero-order chi connectivity index (χ0) is 15.3. The van der Waals surface area contributed by atoms with E-state index in [-0.39, 0.29) is 24.7 Å². The van der Waals surface area contributed by atoms with Crippen molar-refractivity contribution in [1.82, 2.24) is 0 Å². The van der Waals surface area contributed by atoms with E-state index in [1.54, 1.807) is 0 Å². The van der Waals surface area contributed by atoms with Gasteiger partial charge in [0.05, 0.1) is 6.61 Å². The molecule has 0 spiro atoms. The summed E-state index contributed by atoms with van der Waals surface area (Å²) in [6, 6.07) is 0. The molecule has 1 saturated heterocycles. The maximum Gasteiger partial charge on any atom is 0.333 e. The van der Waals surface area contributed by atoms with Gasteiger partial charge in [-0.1, -0.05) is 18.7 Å². The van der Waals surface area contributed by atoms with Crippen molar-refractivity contribution in [3.8, 4) is 0 Å². The van der Waals surface area contributed by atoms with Crippen molar-refractivity contribution in [2.75, 3.05) is 6.61 Å². The molecule has 110 valence electrons. The van der Waals surface area contributed by atoms with Crippen molar-refractivity contribution in [3.05, 3.63) is 36.0 Å². The van der Waals surface area contributed by atoms with E-state index in [9.17, 15) is 9.59 Å². The second-order valence-electron chi connectivity index (χ2n) is 5.17. The number of ketones is 1. The molecule has 0 aliphatic carbocycles. The molecular formula is C15H20O5. The number of carbonyl (C=O) groups is 2. The van der Waals surface area contributed by atoms with Crippen LogP contribution in [0.3, 0.4) is 0 Å². The highest BCUT2D eigenvalue weighted by Gasteiger charge is 2.32. The predicted octanol–water partition coefficient (Wildman–Crippen LogP) is 2.45. The first-order valence-corrected chi connectivity index (χ1v) is 6.36. The van der Waals surface area contributed by atoms with Crippen LogP contribution >= 0.6 is 0 Å². The first-order valence-electron chi connectivity index (χ1n) is 6.36. The molecule has 20 heavy (non-hydrogen) atoms. The minimum Gasteiger partial charge on any atom is -0.462 e. The van der Waals surface area contributed by atoms with Crippen LogP contribution in [0.1, 0.15) is 26.7 Å². The zero-order valence-corrected chi connectivity index (χ0v) is 11.8. The van der Waals surface area contributed by atoms with E-state index in [0.717, 1.165) is 5.57 Å². The predicted molar refractivity (Wildman–Crippen MR) is 73.9 cm³/mol. The van der Waals surface area contributed by atoms with Crippen LogP contribution in [-0.4, -0.2) is 29.7 Å². The van der Waals surface area contributed by atoms with Gasteiger partial charge in [-0.15, -0.1) is 0 Å². The van der Waals surface area contributed by atoms with Crippen molar-refractivity contribution in [2.45, 2.75) is 32.8 Å². The van der Waals surface area contributed by atoms with E-state index in [1.165, 1.54) is 6.08 Å². The Bertz CT molecular complexity index is 457.